The maximum Gasteiger partial charge on any atom is 0.217 e. The Morgan fingerprint density at radius 2 is 2.05 bits per heavy atom. The zero-order valence-corrected chi connectivity index (χ0v) is 13.1. The Hall–Kier alpha value is -0.170. The van der Waals surface area contributed by atoms with Gasteiger partial charge in [-0.25, -0.2) is 12.7 Å². The summed E-state index contributed by atoms with van der Waals surface area (Å²) in [6, 6.07) is 0.562. The molecule has 0 aromatic carbocycles. The molecule has 2 aliphatic rings. The number of likely N-dealkylation sites (tertiary alicyclic amines) is 1. The highest BCUT2D eigenvalue weighted by atomic mass is 32.2. The van der Waals surface area contributed by atoms with Crippen LogP contribution in [0.1, 0.15) is 26.2 Å². The minimum atomic E-state index is -3.16. The lowest BCUT2D eigenvalue weighted by Gasteiger charge is -2.24. The molecule has 1 N–H and O–H groups in total. The van der Waals surface area contributed by atoms with E-state index < -0.39 is 10.0 Å². The lowest BCUT2D eigenvalue weighted by atomic mass is 10.1. The van der Waals surface area contributed by atoms with Crippen molar-refractivity contribution in [3.05, 3.63) is 0 Å². The predicted molar refractivity (Wildman–Crippen MR) is 77.6 cm³/mol. The van der Waals surface area contributed by atoms with Crippen LogP contribution in [0.2, 0.25) is 0 Å². The molecule has 2 atom stereocenters. The smallest absolute Gasteiger partial charge is 0.217 e. The van der Waals surface area contributed by atoms with Crippen molar-refractivity contribution in [3.8, 4) is 0 Å². The van der Waals surface area contributed by atoms with Gasteiger partial charge in [0.2, 0.25) is 10.0 Å². The van der Waals surface area contributed by atoms with E-state index >= 15 is 0 Å². The van der Waals surface area contributed by atoms with Gasteiger partial charge >= 0.3 is 0 Å². The Labute approximate surface area is 117 Å². The molecule has 1 saturated carbocycles. The zero-order valence-electron chi connectivity index (χ0n) is 12.3. The molecular weight excluding hydrogens is 262 g/mol. The second-order valence-corrected chi connectivity index (χ2v) is 8.69. The van der Waals surface area contributed by atoms with Crippen molar-refractivity contribution in [3.63, 3.8) is 0 Å². The lowest BCUT2D eigenvalue weighted by molar-refractivity contribution is 0.354. The van der Waals surface area contributed by atoms with Gasteiger partial charge in [-0.15, -0.1) is 0 Å². The average molecular weight is 289 g/mol. The Morgan fingerprint density at radius 1 is 1.37 bits per heavy atom. The number of rotatable bonds is 7. The first-order chi connectivity index (χ1) is 8.89. The fourth-order valence-corrected chi connectivity index (χ4v) is 4.02. The molecular formula is C13H27N3O2S. The molecule has 5 nitrogen and oxygen atoms in total. The molecule has 2 unspecified atom stereocenters. The summed E-state index contributed by atoms with van der Waals surface area (Å²) in [7, 11) is 0.658. The van der Waals surface area contributed by atoms with E-state index in [0.717, 1.165) is 19.5 Å². The number of hydrogen-bond acceptors (Lipinski definition) is 4. The van der Waals surface area contributed by atoms with Gasteiger partial charge in [-0.2, -0.15) is 0 Å². The van der Waals surface area contributed by atoms with Crippen LogP contribution in [0.25, 0.3) is 0 Å². The van der Waals surface area contributed by atoms with E-state index in [1.807, 2.05) is 6.92 Å². The van der Waals surface area contributed by atoms with Crippen molar-refractivity contribution in [1.82, 2.24) is 14.5 Å². The minimum Gasteiger partial charge on any atom is -0.313 e. The first kappa shape index (κ1) is 15.2. The Morgan fingerprint density at radius 3 is 2.58 bits per heavy atom. The molecule has 6 heteroatoms. The highest BCUT2D eigenvalue weighted by Gasteiger charge is 2.31. The van der Waals surface area contributed by atoms with E-state index in [9.17, 15) is 8.42 Å². The molecule has 0 spiro atoms. The first-order valence-electron chi connectivity index (χ1n) is 7.26. The summed E-state index contributed by atoms with van der Waals surface area (Å²) in [6.07, 6.45) is 3.49. The van der Waals surface area contributed by atoms with E-state index in [1.165, 1.54) is 12.8 Å². The molecule has 2 fully saturated rings. The Bertz CT molecular complexity index is 395. The van der Waals surface area contributed by atoms with Crippen molar-refractivity contribution in [2.75, 3.05) is 40.3 Å². The number of nitrogens with zero attached hydrogens (tertiary/aromatic N) is 2. The monoisotopic (exact) mass is 289 g/mol. The van der Waals surface area contributed by atoms with E-state index in [4.69, 9.17) is 0 Å². The predicted octanol–water partition coefficient (Wildman–Crippen LogP) is 0.340. The average Bonchev–Trinajstić information content (AvgIpc) is 3.09. The van der Waals surface area contributed by atoms with Gasteiger partial charge in [0.25, 0.3) is 0 Å². The van der Waals surface area contributed by atoms with Crippen LogP contribution in [0.3, 0.4) is 0 Å². The van der Waals surface area contributed by atoms with Gasteiger partial charge in [0.1, 0.15) is 0 Å². The fraction of sp³-hybridized carbons (Fsp3) is 1.00. The number of sulfonamides is 1. The molecule has 0 bridgehead atoms. The SMILES string of the molecule is CC(CNC1CC1)S(=O)(=O)N(C)CC1CCN(C)C1. The highest BCUT2D eigenvalue weighted by Crippen LogP contribution is 2.20. The van der Waals surface area contributed by atoms with Crippen molar-refractivity contribution in [1.29, 1.82) is 0 Å². The summed E-state index contributed by atoms with van der Waals surface area (Å²) in [4.78, 5) is 2.27. The van der Waals surface area contributed by atoms with Gasteiger partial charge in [0, 0.05) is 32.7 Å². The normalized spacial score (nSPS) is 27.1. The summed E-state index contributed by atoms with van der Waals surface area (Å²) in [5, 5.41) is 2.97. The molecule has 0 aromatic rings. The molecule has 112 valence electrons. The van der Waals surface area contributed by atoms with Gasteiger partial charge in [-0.1, -0.05) is 0 Å². The van der Waals surface area contributed by atoms with Gasteiger partial charge in [-0.05, 0) is 45.7 Å². The Kier molecular flexibility index (Phi) is 4.87. The van der Waals surface area contributed by atoms with Gasteiger partial charge in [0.05, 0.1) is 5.25 Å². The maximum atomic E-state index is 12.4. The van der Waals surface area contributed by atoms with Crippen LogP contribution in [0.5, 0.6) is 0 Å². The van der Waals surface area contributed by atoms with Crippen LogP contribution in [-0.2, 0) is 10.0 Å². The third kappa shape index (κ3) is 4.15. The molecule has 0 radical (unpaired) electrons. The number of nitrogens with one attached hydrogen (secondary N) is 1. The van der Waals surface area contributed by atoms with Crippen LogP contribution < -0.4 is 5.32 Å². The molecule has 1 heterocycles. The minimum absolute atomic E-state index is 0.336. The highest BCUT2D eigenvalue weighted by molar-refractivity contribution is 7.89. The second kappa shape index (κ2) is 6.08. The first-order valence-corrected chi connectivity index (χ1v) is 8.77. The molecule has 0 aromatic heterocycles. The molecule has 1 aliphatic carbocycles. The largest absolute Gasteiger partial charge is 0.313 e. The third-order valence-corrected chi connectivity index (χ3v) is 6.42. The van der Waals surface area contributed by atoms with E-state index in [0.29, 0.717) is 25.0 Å². The number of hydrogen-bond donors (Lipinski definition) is 1. The molecule has 2 rings (SSSR count). The molecule has 19 heavy (non-hydrogen) atoms. The zero-order chi connectivity index (χ0) is 14.0. The van der Waals surface area contributed by atoms with Crippen LogP contribution in [0.4, 0.5) is 0 Å². The summed E-state index contributed by atoms with van der Waals surface area (Å²) in [5.74, 6) is 0.480. The maximum absolute atomic E-state index is 12.4. The van der Waals surface area contributed by atoms with Crippen molar-refractivity contribution in [2.24, 2.45) is 5.92 Å². The molecule has 1 aliphatic heterocycles. The van der Waals surface area contributed by atoms with E-state index in [-0.39, 0.29) is 5.25 Å². The standard InChI is InChI=1S/C13H27N3O2S/c1-11(8-14-13-4-5-13)19(17,18)16(3)10-12-6-7-15(2)9-12/h11-14H,4-10H2,1-3H3. The summed E-state index contributed by atoms with van der Waals surface area (Å²) in [5.41, 5.74) is 0. The van der Waals surface area contributed by atoms with Crippen LogP contribution in [0.15, 0.2) is 0 Å². The summed E-state index contributed by atoms with van der Waals surface area (Å²) < 4.78 is 26.4. The van der Waals surface area contributed by atoms with Crippen LogP contribution >= 0.6 is 0 Å². The van der Waals surface area contributed by atoms with Gasteiger partial charge < -0.3 is 10.2 Å². The fourth-order valence-electron chi connectivity index (χ4n) is 2.68. The van der Waals surface area contributed by atoms with Gasteiger partial charge in [-0.3, -0.25) is 0 Å². The van der Waals surface area contributed by atoms with Gasteiger partial charge in [0.15, 0.2) is 0 Å². The molecule has 0 amide bonds. The molecule has 1 saturated heterocycles. The second-order valence-electron chi connectivity index (χ2n) is 6.24. The Balaban J connectivity index is 1.82. The van der Waals surface area contributed by atoms with Crippen molar-refractivity contribution in [2.45, 2.75) is 37.5 Å². The third-order valence-electron chi connectivity index (χ3n) is 4.22. The van der Waals surface area contributed by atoms with Crippen molar-refractivity contribution >= 4 is 10.0 Å². The van der Waals surface area contributed by atoms with E-state index in [2.05, 4.69) is 17.3 Å². The van der Waals surface area contributed by atoms with Crippen LogP contribution in [0, 0.1) is 5.92 Å². The lowest BCUT2D eigenvalue weighted by Crippen LogP contribution is -2.42. The topological polar surface area (TPSA) is 52.7 Å². The van der Waals surface area contributed by atoms with E-state index in [1.54, 1.807) is 11.4 Å². The summed E-state index contributed by atoms with van der Waals surface area (Å²) in [6.45, 7) is 5.12. The van der Waals surface area contributed by atoms with Crippen LogP contribution in [-0.4, -0.2) is 69.2 Å². The van der Waals surface area contributed by atoms with Crippen molar-refractivity contribution < 1.29 is 8.42 Å². The quantitative estimate of drug-likeness (QED) is 0.734. The summed E-state index contributed by atoms with van der Waals surface area (Å²) >= 11 is 0.